The molecule has 0 radical (unpaired) electrons. The topological polar surface area (TPSA) is 81.1 Å². The van der Waals surface area contributed by atoms with Gasteiger partial charge in [0, 0.05) is 37.1 Å². The summed E-state index contributed by atoms with van der Waals surface area (Å²) in [6, 6.07) is 5.57. The molecule has 2 aromatic heterocycles. The number of carbonyl (C=O) groups is 1. The Balaban J connectivity index is 1.76. The van der Waals surface area contributed by atoms with Crippen molar-refractivity contribution < 1.29 is 9.53 Å². The summed E-state index contributed by atoms with van der Waals surface area (Å²) in [5, 5.41) is 10.2. The highest BCUT2D eigenvalue weighted by Gasteiger charge is 2.10. The monoisotopic (exact) mass is 345 g/mol. The van der Waals surface area contributed by atoms with Crippen molar-refractivity contribution in [1.29, 1.82) is 0 Å². The first-order valence-corrected chi connectivity index (χ1v) is 8.59. The first-order valence-electron chi connectivity index (χ1n) is 8.59. The third-order valence-corrected chi connectivity index (χ3v) is 3.77. The standard InChI is InChI=1S/C18H27N5O2/c1-5-25-17-16(7-6-8-19-17)11-21-18(24)20-10-13(2)12-23-15(4)9-14(3)22-23/h6-9,13H,5,10-12H2,1-4H3,(H2,20,21,24)/t13-/m1/s1. The molecule has 0 aliphatic carbocycles. The summed E-state index contributed by atoms with van der Waals surface area (Å²) in [6.07, 6.45) is 1.68. The fourth-order valence-corrected chi connectivity index (χ4v) is 2.55. The number of amides is 2. The van der Waals surface area contributed by atoms with Gasteiger partial charge < -0.3 is 15.4 Å². The van der Waals surface area contributed by atoms with E-state index >= 15 is 0 Å². The molecule has 0 unspecified atom stereocenters. The van der Waals surface area contributed by atoms with Crippen LogP contribution in [0.3, 0.4) is 0 Å². The van der Waals surface area contributed by atoms with E-state index in [9.17, 15) is 4.79 Å². The molecular formula is C18H27N5O2. The van der Waals surface area contributed by atoms with Gasteiger partial charge in [-0.25, -0.2) is 9.78 Å². The minimum Gasteiger partial charge on any atom is -0.478 e. The number of aryl methyl sites for hydroxylation is 2. The number of nitrogens with zero attached hydrogens (tertiary/aromatic N) is 3. The lowest BCUT2D eigenvalue weighted by molar-refractivity contribution is 0.237. The van der Waals surface area contributed by atoms with E-state index in [0.29, 0.717) is 25.6 Å². The molecular weight excluding hydrogens is 318 g/mol. The number of hydrogen-bond donors (Lipinski definition) is 2. The van der Waals surface area contributed by atoms with Gasteiger partial charge in [0.2, 0.25) is 5.88 Å². The molecule has 2 amide bonds. The zero-order chi connectivity index (χ0) is 18.2. The van der Waals surface area contributed by atoms with Crippen LogP contribution < -0.4 is 15.4 Å². The Kier molecular flexibility index (Phi) is 6.80. The molecule has 7 heteroatoms. The second-order valence-electron chi connectivity index (χ2n) is 6.18. The van der Waals surface area contributed by atoms with Crippen molar-refractivity contribution in [1.82, 2.24) is 25.4 Å². The third-order valence-electron chi connectivity index (χ3n) is 3.77. The summed E-state index contributed by atoms with van der Waals surface area (Å²) in [7, 11) is 0. The van der Waals surface area contributed by atoms with Gasteiger partial charge in [0.25, 0.3) is 0 Å². The SMILES string of the molecule is CCOc1ncccc1CNC(=O)NC[C@@H](C)Cn1nc(C)cc1C. The fourth-order valence-electron chi connectivity index (χ4n) is 2.55. The lowest BCUT2D eigenvalue weighted by atomic mass is 10.2. The summed E-state index contributed by atoms with van der Waals surface area (Å²) in [5.74, 6) is 0.837. The third kappa shape index (κ3) is 5.77. The van der Waals surface area contributed by atoms with Crippen LogP contribution in [0.25, 0.3) is 0 Å². The number of pyridine rings is 1. The Morgan fingerprint density at radius 3 is 2.84 bits per heavy atom. The zero-order valence-corrected chi connectivity index (χ0v) is 15.4. The molecule has 0 spiro atoms. The van der Waals surface area contributed by atoms with Crippen molar-refractivity contribution in [2.45, 2.75) is 40.8 Å². The Morgan fingerprint density at radius 1 is 1.36 bits per heavy atom. The van der Waals surface area contributed by atoms with Crippen LogP contribution in [0.2, 0.25) is 0 Å². The zero-order valence-electron chi connectivity index (χ0n) is 15.4. The number of rotatable bonds is 8. The Bertz CT molecular complexity index is 699. The number of ether oxygens (including phenoxy) is 1. The van der Waals surface area contributed by atoms with Crippen LogP contribution in [0.15, 0.2) is 24.4 Å². The number of urea groups is 1. The van der Waals surface area contributed by atoms with E-state index in [1.807, 2.05) is 37.6 Å². The summed E-state index contributed by atoms with van der Waals surface area (Å²) >= 11 is 0. The maximum atomic E-state index is 12.0. The number of carbonyl (C=O) groups excluding carboxylic acids is 1. The van der Waals surface area contributed by atoms with Crippen molar-refractivity contribution in [2.24, 2.45) is 5.92 Å². The minimum atomic E-state index is -0.202. The maximum Gasteiger partial charge on any atom is 0.315 e. The smallest absolute Gasteiger partial charge is 0.315 e. The van der Waals surface area contributed by atoms with E-state index in [1.165, 1.54) is 0 Å². The predicted octanol–water partition coefficient (Wildman–Crippen LogP) is 2.43. The number of aromatic nitrogens is 3. The second kappa shape index (κ2) is 9.05. The normalized spacial score (nSPS) is 11.8. The average molecular weight is 345 g/mol. The lowest BCUT2D eigenvalue weighted by Crippen LogP contribution is -2.38. The summed E-state index contributed by atoms with van der Waals surface area (Å²) in [6.45, 7) is 10.3. The first-order chi connectivity index (χ1) is 12.0. The van der Waals surface area contributed by atoms with E-state index in [0.717, 1.165) is 23.5 Å². The molecule has 0 aliphatic rings. The van der Waals surface area contributed by atoms with Crippen LogP contribution >= 0.6 is 0 Å². The van der Waals surface area contributed by atoms with Crippen molar-refractivity contribution >= 4 is 6.03 Å². The molecule has 0 saturated heterocycles. The maximum absolute atomic E-state index is 12.0. The second-order valence-corrected chi connectivity index (χ2v) is 6.18. The van der Waals surface area contributed by atoms with E-state index in [-0.39, 0.29) is 11.9 Å². The van der Waals surface area contributed by atoms with Crippen LogP contribution in [0.4, 0.5) is 4.79 Å². The van der Waals surface area contributed by atoms with E-state index in [2.05, 4.69) is 33.7 Å². The molecule has 0 aromatic carbocycles. The van der Waals surface area contributed by atoms with Gasteiger partial charge in [-0.05, 0) is 38.8 Å². The van der Waals surface area contributed by atoms with Gasteiger partial charge in [-0.15, -0.1) is 0 Å². The van der Waals surface area contributed by atoms with Gasteiger partial charge in [0.05, 0.1) is 12.3 Å². The molecule has 0 fully saturated rings. The van der Waals surface area contributed by atoms with Gasteiger partial charge in [-0.3, -0.25) is 4.68 Å². The first kappa shape index (κ1) is 18.8. The van der Waals surface area contributed by atoms with Crippen LogP contribution in [-0.2, 0) is 13.1 Å². The van der Waals surface area contributed by atoms with E-state index in [1.54, 1.807) is 6.20 Å². The minimum absolute atomic E-state index is 0.202. The molecule has 7 nitrogen and oxygen atoms in total. The van der Waals surface area contributed by atoms with Crippen molar-refractivity contribution in [3.05, 3.63) is 41.3 Å². The Hall–Kier alpha value is -2.57. The fraction of sp³-hybridized carbons (Fsp3) is 0.500. The highest BCUT2D eigenvalue weighted by atomic mass is 16.5. The molecule has 0 aliphatic heterocycles. The molecule has 25 heavy (non-hydrogen) atoms. The van der Waals surface area contributed by atoms with Gasteiger partial charge in [-0.2, -0.15) is 5.10 Å². The highest BCUT2D eigenvalue weighted by molar-refractivity contribution is 5.73. The average Bonchev–Trinajstić information content (AvgIpc) is 2.89. The number of nitrogens with one attached hydrogen (secondary N) is 2. The largest absolute Gasteiger partial charge is 0.478 e. The Labute approximate surface area is 148 Å². The van der Waals surface area contributed by atoms with Crippen LogP contribution in [0.1, 0.15) is 30.8 Å². The van der Waals surface area contributed by atoms with Gasteiger partial charge >= 0.3 is 6.03 Å². The Morgan fingerprint density at radius 2 is 2.16 bits per heavy atom. The van der Waals surface area contributed by atoms with Crippen molar-refractivity contribution in [3.8, 4) is 5.88 Å². The van der Waals surface area contributed by atoms with Crippen LogP contribution in [-0.4, -0.2) is 33.9 Å². The number of hydrogen-bond acceptors (Lipinski definition) is 4. The van der Waals surface area contributed by atoms with Crippen molar-refractivity contribution in [3.63, 3.8) is 0 Å². The molecule has 0 bridgehead atoms. The summed E-state index contributed by atoms with van der Waals surface area (Å²) in [4.78, 5) is 16.2. The molecule has 0 saturated carbocycles. The molecule has 2 rings (SSSR count). The molecule has 2 heterocycles. The van der Waals surface area contributed by atoms with Gasteiger partial charge in [0.15, 0.2) is 0 Å². The quantitative estimate of drug-likeness (QED) is 0.770. The lowest BCUT2D eigenvalue weighted by Gasteiger charge is -2.15. The summed E-state index contributed by atoms with van der Waals surface area (Å²) < 4.78 is 7.43. The summed E-state index contributed by atoms with van der Waals surface area (Å²) in [5.41, 5.74) is 3.00. The molecule has 2 aromatic rings. The van der Waals surface area contributed by atoms with Crippen molar-refractivity contribution in [2.75, 3.05) is 13.2 Å². The van der Waals surface area contributed by atoms with Crippen LogP contribution in [0.5, 0.6) is 5.88 Å². The predicted molar refractivity (Wildman–Crippen MR) is 96.5 cm³/mol. The van der Waals surface area contributed by atoms with Crippen LogP contribution in [0, 0.1) is 19.8 Å². The molecule has 136 valence electrons. The van der Waals surface area contributed by atoms with Gasteiger partial charge in [-0.1, -0.05) is 13.0 Å². The molecule has 2 N–H and O–H groups in total. The van der Waals surface area contributed by atoms with E-state index in [4.69, 9.17) is 4.74 Å². The van der Waals surface area contributed by atoms with E-state index < -0.39 is 0 Å². The molecule has 1 atom stereocenters. The van der Waals surface area contributed by atoms with Gasteiger partial charge in [0.1, 0.15) is 0 Å². The highest BCUT2D eigenvalue weighted by Crippen LogP contribution is 2.13.